The van der Waals surface area contributed by atoms with E-state index in [4.69, 9.17) is 5.11 Å². The van der Waals surface area contributed by atoms with E-state index in [0.29, 0.717) is 6.54 Å². The zero-order chi connectivity index (χ0) is 13.6. The Morgan fingerprint density at radius 2 is 1.88 bits per heavy atom. The highest BCUT2D eigenvalue weighted by molar-refractivity contribution is 5.80. The third kappa shape index (κ3) is 6.81. The average molecular weight is 244 g/mol. The minimum atomic E-state index is -0.990. The topological polar surface area (TPSA) is 69.6 Å². The van der Waals surface area contributed by atoms with Crippen molar-refractivity contribution in [2.24, 2.45) is 5.41 Å². The minimum Gasteiger partial charge on any atom is -0.480 e. The molecule has 0 aromatic heterocycles. The SMILES string of the molecule is CCC(C)N(CC(=O)O)C(=O)NCC(C)(C)C. The number of rotatable bonds is 5. The standard InChI is InChI=1S/C12H24N2O3/c1-6-9(2)14(7-10(15)16)11(17)13-8-12(3,4)5/h9H,6-8H2,1-5H3,(H,13,17)(H,15,16). The van der Waals surface area contributed by atoms with Crippen molar-refractivity contribution in [2.45, 2.75) is 47.1 Å². The molecule has 0 aromatic carbocycles. The Morgan fingerprint density at radius 1 is 1.35 bits per heavy atom. The van der Waals surface area contributed by atoms with Crippen molar-refractivity contribution in [2.75, 3.05) is 13.1 Å². The lowest BCUT2D eigenvalue weighted by Crippen LogP contribution is -2.48. The van der Waals surface area contributed by atoms with E-state index >= 15 is 0 Å². The lowest BCUT2D eigenvalue weighted by atomic mass is 9.97. The molecular formula is C12H24N2O3. The molecule has 0 bridgehead atoms. The first-order valence-corrected chi connectivity index (χ1v) is 5.93. The van der Waals surface area contributed by atoms with Gasteiger partial charge < -0.3 is 15.3 Å². The summed E-state index contributed by atoms with van der Waals surface area (Å²) in [5.41, 5.74) is -0.0139. The van der Waals surface area contributed by atoms with Gasteiger partial charge in [0.2, 0.25) is 0 Å². The fourth-order valence-corrected chi connectivity index (χ4v) is 1.24. The van der Waals surface area contributed by atoms with Crippen LogP contribution in [0.4, 0.5) is 4.79 Å². The van der Waals surface area contributed by atoms with Gasteiger partial charge in [0.05, 0.1) is 0 Å². The first-order valence-electron chi connectivity index (χ1n) is 5.93. The van der Waals surface area contributed by atoms with Crippen molar-refractivity contribution < 1.29 is 14.7 Å². The summed E-state index contributed by atoms with van der Waals surface area (Å²) in [6.45, 7) is 10.1. The van der Waals surface area contributed by atoms with Crippen LogP contribution in [0, 0.1) is 5.41 Å². The monoisotopic (exact) mass is 244 g/mol. The van der Waals surface area contributed by atoms with Crippen LogP contribution in [-0.2, 0) is 4.79 Å². The summed E-state index contributed by atoms with van der Waals surface area (Å²) in [5.74, 6) is -0.990. The van der Waals surface area contributed by atoms with E-state index in [9.17, 15) is 9.59 Å². The highest BCUT2D eigenvalue weighted by Crippen LogP contribution is 2.11. The molecule has 1 unspecified atom stereocenters. The number of carbonyl (C=O) groups is 2. The number of amides is 2. The molecule has 0 fully saturated rings. The van der Waals surface area contributed by atoms with Crippen molar-refractivity contribution in [1.82, 2.24) is 10.2 Å². The van der Waals surface area contributed by atoms with E-state index in [-0.39, 0.29) is 24.0 Å². The van der Waals surface area contributed by atoms with Crippen LogP contribution in [0.2, 0.25) is 0 Å². The molecule has 0 heterocycles. The van der Waals surface area contributed by atoms with Crippen LogP contribution in [0.5, 0.6) is 0 Å². The molecular weight excluding hydrogens is 220 g/mol. The van der Waals surface area contributed by atoms with Gasteiger partial charge in [-0.15, -0.1) is 0 Å². The predicted octanol–water partition coefficient (Wildman–Crippen LogP) is 1.93. The van der Waals surface area contributed by atoms with E-state index in [0.717, 1.165) is 6.42 Å². The molecule has 0 aliphatic rings. The largest absolute Gasteiger partial charge is 0.480 e. The first-order chi connectivity index (χ1) is 7.67. The van der Waals surface area contributed by atoms with Crippen molar-refractivity contribution in [3.8, 4) is 0 Å². The van der Waals surface area contributed by atoms with Gasteiger partial charge in [-0.3, -0.25) is 4.79 Å². The summed E-state index contributed by atoms with van der Waals surface area (Å²) in [7, 11) is 0. The highest BCUT2D eigenvalue weighted by atomic mass is 16.4. The van der Waals surface area contributed by atoms with E-state index in [2.05, 4.69) is 5.32 Å². The van der Waals surface area contributed by atoms with Gasteiger partial charge in [-0.1, -0.05) is 27.7 Å². The summed E-state index contributed by atoms with van der Waals surface area (Å²) < 4.78 is 0. The smallest absolute Gasteiger partial charge is 0.323 e. The molecule has 2 N–H and O–H groups in total. The molecule has 0 spiro atoms. The number of hydrogen-bond donors (Lipinski definition) is 2. The van der Waals surface area contributed by atoms with Gasteiger partial charge in [-0.2, -0.15) is 0 Å². The number of nitrogens with one attached hydrogen (secondary N) is 1. The van der Waals surface area contributed by atoms with Crippen molar-refractivity contribution in [3.05, 3.63) is 0 Å². The maximum atomic E-state index is 11.9. The number of carbonyl (C=O) groups excluding carboxylic acids is 1. The second kappa shape index (κ2) is 6.47. The van der Waals surface area contributed by atoms with Crippen molar-refractivity contribution in [3.63, 3.8) is 0 Å². The minimum absolute atomic E-state index is 0.0139. The molecule has 0 saturated carbocycles. The Hall–Kier alpha value is -1.26. The number of nitrogens with zero attached hydrogens (tertiary/aromatic N) is 1. The fraction of sp³-hybridized carbons (Fsp3) is 0.833. The number of hydrogen-bond acceptors (Lipinski definition) is 2. The second-order valence-corrected chi connectivity index (χ2v) is 5.50. The third-order valence-corrected chi connectivity index (χ3v) is 2.46. The molecule has 5 heteroatoms. The Kier molecular flexibility index (Phi) is 5.99. The van der Waals surface area contributed by atoms with Crippen molar-refractivity contribution in [1.29, 1.82) is 0 Å². The molecule has 0 saturated heterocycles. The zero-order valence-corrected chi connectivity index (χ0v) is 11.4. The Bertz CT molecular complexity index is 271. The number of carboxylic acid groups (broad SMARTS) is 1. The van der Waals surface area contributed by atoms with Crippen LogP contribution in [0.3, 0.4) is 0 Å². The van der Waals surface area contributed by atoms with E-state index in [1.807, 2.05) is 34.6 Å². The van der Waals surface area contributed by atoms with E-state index < -0.39 is 5.97 Å². The Morgan fingerprint density at radius 3 is 2.24 bits per heavy atom. The average Bonchev–Trinajstić information content (AvgIpc) is 2.20. The number of carboxylic acids is 1. The van der Waals surface area contributed by atoms with Crippen LogP contribution < -0.4 is 5.32 Å². The lowest BCUT2D eigenvalue weighted by Gasteiger charge is -2.29. The van der Waals surface area contributed by atoms with Gasteiger partial charge in [0.15, 0.2) is 0 Å². The number of aliphatic carboxylic acids is 1. The van der Waals surface area contributed by atoms with Crippen LogP contribution >= 0.6 is 0 Å². The van der Waals surface area contributed by atoms with Crippen LogP contribution in [0.15, 0.2) is 0 Å². The molecule has 0 radical (unpaired) electrons. The number of urea groups is 1. The highest BCUT2D eigenvalue weighted by Gasteiger charge is 2.22. The third-order valence-electron chi connectivity index (χ3n) is 2.46. The van der Waals surface area contributed by atoms with E-state index in [1.165, 1.54) is 4.90 Å². The normalized spacial score (nSPS) is 13.0. The van der Waals surface area contributed by atoms with Crippen LogP contribution in [-0.4, -0.2) is 41.1 Å². The maximum absolute atomic E-state index is 11.9. The first kappa shape index (κ1) is 15.7. The van der Waals surface area contributed by atoms with Gasteiger partial charge in [-0.25, -0.2) is 4.79 Å². The second-order valence-electron chi connectivity index (χ2n) is 5.50. The Balaban J connectivity index is 4.48. The molecule has 0 aliphatic carbocycles. The van der Waals surface area contributed by atoms with Crippen LogP contribution in [0.1, 0.15) is 41.0 Å². The maximum Gasteiger partial charge on any atom is 0.323 e. The molecule has 0 aromatic rings. The fourth-order valence-electron chi connectivity index (χ4n) is 1.24. The summed E-state index contributed by atoms with van der Waals surface area (Å²) in [4.78, 5) is 23.9. The molecule has 100 valence electrons. The van der Waals surface area contributed by atoms with Gasteiger partial charge in [0.25, 0.3) is 0 Å². The molecule has 0 rings (SSSR count). The van der Waals surface area contributed by atoms with Gasteiger partial charge in [0.1, 0.15) is 6.54 Å². The molecule has 2 amide bonds. The van der Waals surface area contributed by atoms with Gasteiger partial charge in [-0.05, 0) is 18.8 Å². The molecule has 5 nitrogen and oxygen atoms in total. The molecule has 0 aliphatic heterocycles. The lowest BCUT2D eigenvalue weighted by molar-refractivity contribution is -0.138. The van der Waals surface area contributed by atoms with Crippen molar-refractivity contribution >= 4 is 12.0 Å². The summed E-state index contributed by atoms with van der Waals surface area (Å²) in [6, 6.07) is -0.386. The Labute approximate surface area is 103 Å². The zero-order valence-electron chi connectivity index (χ0n) is 11.4. The summed E-state index contributed by atoms with van der Waals surface area (Å²) in [5, 5.41) is 11.6. The van der Waals surface area contributed by atoms with Crippen LogP contribution in [0.25, 0.3) is 0 Å². The summed E-state index contributed by atoms with van der Waals surface area (Å²) >= 11 is 0. The molecule has 1 atom stereocenters. The quantitative estimate of drug-likeness (QED) is 0.776. The van der Waals surface area contributed by atoms with Gasteiger partial charge in [0, 0.05) is 12.6 Å². The predicted molar refractivity (Wildman–Crippen MR) is 66.9 cm³/mol. The van der Waals surface area contributed by atoms with E-state index in [1.54, 1.807) is 0 Å². The summed E-state index contributed by atoms with van der Waals surface area (Å²) in [6.07, 6.45) is 0.732. The van der Waals surface area contributed by atoms with Gasteiger partial charge >= 0.3 is 12.0 Å². The molecule has 17 heavy (non-hydrogen) atoms.